The number of hydrogen-bond acceptors (Lipinski definition) is 5. The lowest BCUT2D eigenvalue weighted by atomic mass is 9.47. The van der Waals surface area contributed by atoms with Gasteiger partial charge in [-0.2, -0.15) is 0 Å². The highest BCUT2D eigenvalue weighted by molar-refractivity contribution is 5.96. The van der Waals surface area contributed by atoms with Crippen LogP contribution in [0.2, 0.25) is 0 Å². The second-order valence-electron chi connectivity index (χ2n) is 7.53. The normalized spacial score (nSPS) is 47.1. The third-order valence-electron chi connectivity index (χ3n) is 6.79. The molecule has 5 heteroatoms. The SMILES string of the molecule is COC1=C2O[C@H]3C(=O)C=C(O)[C@H]4[C@H]5CC(C=C1)C2[C@@]34CCN5C. The first-order chi connectivity index (χ1) is 11.1. The Morgan fingerprint density at radius 2 is 2.26 bits per heavy atom. The van der Waals surface area contributed by atoms with Gasteiger partial charge < -0.3 is 19.5 Å². The molecular formula is C18H21NO4. The van der Waals surface area contributed by atoms with Gasteiger partial charge in [0.25, 0.3) is 0 Å². The van der Waals surface area contributed by atoms with Crippen molar-refractivity contribution in [3.05, 3.63) is 35.5 Å². The van der Waals surface area contributed by atoms with E-state index in [1.807, 2.05) is 6.08 Å². The van der Waals surface area contributed by atoms with E-state index in [0.717, 1.165) is 30.9 Å². The van der Waals surface area contributed by atoms with Crippen LogP contribution in [0.1, 0.15) is 12.8 Å². The van der Waals surface area contributed by atoms with Gasteiger partial charge in [0.2, 0.25) is 0 Å². The van der Waals surface area contributed by atoms with Crippen molar-refractivity contribution in [2.24, 2.45) is 23.2 Å². The summed E-state index contributed by atoms with van der Waals surface area (Å²) in [6, 6.07) is 0.258. The fourth-order valence-electron chi connectivity index (χ4n) is 5.96. The number of methoxy groups -OCH3 is 1. The average Bonchev–Trinajstić information content (AvgIpc) is 2.88. The Morgan fingerprint density at radius 3 is 3.04 bits per heavy atom. The molecule has 1 N–H and O–H groups in total. The molecule has 0 aromatic heterocycles. The molecule has 0 aromatic rings. The summed E-state index contributed by atoms with van der Waals surface area (Å²) in [6.45, 7) is 0.935. The van der Waals surface area contributed by atoms with Crippen LogP contribution in [0.15, 0.2) is 35.5 Å². The number of aliphatic hydroxyl groups excluding tert-OH is 1. The largest absolute Gasteiger partial charge is 0.512 e. The van der Waals surface area contributed by atoms with E-state index in [4.69, 9.17) is 9.47 Å². The first-order valence-electron chi connectivity index (χ1n) is 8.35. The maximum atomic E-state index is 12.6. The molecule has 0 amide bonds. The first-order valence-corrected chi connectivity index (χ1v) is 8.35. The lowest BCUT2D eigenvalue weighted by molar-refractivity contribution is -0.146. The van der Waals surface area contributed by atoms with Crippen LogP contribution in [0.3, 0.4) is 0 Å². The number of hydrogen-bond donors (Lipinski definition) is 1. The van der Waals surface area contributed by atoms with Crippen LogP contribution in [-0.4, -0.2) is 48.6 Å². The van der Waals surface area contributed by atoms with E-state index in [-0.39, 0.29) is 34.8 Å². The Hall–Kier alpha value is -1.75. The van der Waals surface area contributed by atoms with E-state index in [2.05, 4.69) is 18.0 Å². The minimum Gasteiger partial charge on any atom is -0.512 e. The number of ketones is 1. The summed E-state index contributed by atoms with van der Waals surface area (Å²) in [7, 11) is 3.77. The summed E-state index contributed by atoms with van der Waals surface area (Å²) in [4.78, 5) is 15.0. The monoisotopic (exact) mass is 315 g/mol. The molecule has 5 nitrogen and oxygen atoms in total. The Labute approximate surface area is 135 Å². The third-order valence-corrected chi connectivity index (χ3v) is 6.79. The highest BCUT2D eigenvalue weighted by Gasteiger charge is 2.71. The third kappa shape index (κ3) is 1.41. The van der Waals surface area contributed by atoms with Crippen LogP contribution in [0.4, 0.5) is 0 Å². The summed E-state index contributed by atoms with van der Waals surface area (Å²) in [6.07, 6.45) is 6.97. The van der Waals surface area contributed by atoms with Crippen molar-refractivity contribution in [1.82, 2.24) is 4.90 Å². The topological polar surface area (TPSA) is 59.0 Å². The Kier molecular flexibility index (Phi) is 2.50. The van der Waals surface area contributed by atoms with Gasteiger partial charge in [0.15, 0.2) is 17.6 Å². The number of aliphatic hydroxyl groups is 1. The molecule has 0 radical (unpaired) electrons. The van der Waals surface area contributed by atoms with E-state index in [0.29, 0.717) is 5.92 Å². The number of likely N-dealkylation sites (tertiary alicyclic amines) is 1. The van der Waals surface area contributed by atoms with Gasteiger partial charge in [-0.15, -0.1) is 0 Å². The highest BCUT2D eigenvalue weighted by Crippen LogP contribution is 2.67. The molecule has 2 heterocycles. The molecule has 2 aliphatic heterocycles. The highest BCUT2D eigenvalue weighted by atomic mass is 16.5. The minimum atomic E-state index is -0.479. The second kappa shape index (κ2) is 4.20. The molecule has 1 spiro atoms. The van der Waals surface area contributed by atoms with E-state index < -0.39 is 6.10 Å². The van der Waals surface area contributed by atoms with Crippen molar-refractivity contribution in [3.8, 4) is 0 Å². The number of piperidine rings is 1. The molecule has 0 aromatic carbocycles. The average molecular weight is 315 g/mol. The Bertz CT molecular complexity index is 693. The molecule has 23 heavy (non-hydrogen) atoms. The zero-order chi connectivity index (χ0) is 15.9. The van der Waals surface area contributed by atoms with Gasteiger partial charge in [-0.1, -0.05) is 6.08 Å². The number of ether oxygens (including phenoxy) is 2. The van der Waals surface area contributed by atoms with Crippen LogP contribution < -0.4 is 0 Å². The van der Waals surface area contributed by atoms with Gasteiger partial charge in [-0.25, -0.2) is 0 Å². The van der Waals surface area contributed by atoms with Crippen LogP contribution >= 0.6 is 0 Å². The maximum Gasteiger partial charge on any atom is 0.200 e. The van der Waals surface area contributed by atoms with Crippen molar-refractivity contribution in [1.29, 1.82) is 0 Å². The smallest absolute Gasteiger partial charge is 0.200 e. The zero-order valence-electron chi connectivity index (χ0n) is 13.4. The molecule has 5 aliphatic rings. The summed E-state index contributed by atoms with van der Waals surface area (Å²) in [5.74, 6) is 2.18. The minimum absolute atomic E-state index is 0.0210. The summed E-state index contributed by atoms with van der Waals surface area (Å²) < 4.78 is 11.7. The standard InChI is InChI=1S/C18H21NO4/c1-19-6-5-18-14-9-3-4-13(22-2)16(14)23-17(18)12(21)8-11(20)15(18)10(19)7-9/h3-4,8-10,14-15,17,20H,5-7H2,1-2H3/t9?,10-,14?,15-,17+,18-/m1/s1. The van der Waals surface area contributed by atoms with Crippen LogP contribution in [0.5, 0.6) is 0 Å². The summed E-state index contributed by atoms with van der Waals surface area (Å²) in [5, 5.41) is 10.6. The lowest BCUT2D eigenvalue weighted by Crippen LogP contribution is -2.65. The van der Waals surface area contributed by atoms with E-state index in [1.165, 1.54) is 6.08 Å². The maximum absolute atomic E-state index is 12.6. The predicted molar refractivity (Wildman–Crippen MR) is 82.3 cm³/mol. The molecular weight excluding hydrogens is 294 g/mol. The van der Waals surface area contributed by atoms with Crippen molar-refractivity contribution >= 4 is 5.78 Å². The fraction of sp³-hybridized carbons (Fsp3) is 0.611. The first kappa shape index (κ1) is 13.7. The van der Waals surface area contributed by atoms with Crippen LogP contribution in [0.25, 0.3) is 0 Å². The number of carbonyl (C=O) groups excluding carboxylic acids is 1. The molecule has 5 rings (SSSR count). The molecule has 2 unspecified atom stereocenters. The van der Waals surface area contributed by atoms with Crippen molar-refractivity contribution in [2.75, 3.05) is 20.7 Å². The lowest BCUT2D eigenvalue weighted by Gasteiger charge is -2.59. The fourth-order valence-corrected chi connectivity index (χ4v) is 5.96. The Morgan fingerprint density at radius 1 is 1.43 bits per heavy atom. The van der Waals surface area contributed by atoms with Gasteiger partial charge in [-0.3, -0.25) is 4.79 Å². The molecule has 1 saturated carbocycles. The number of carbonyl (C=O) groups is 1. The van der Waals surface area contributed by atoms with Crippen molar-refractivity contribution < 1.29 is 19.4 Å². The van der Waals surface area contributed by atoms with Gasteiger partial charge in [0.05, 0.1) is 7.11 Å². The van der Waals surface area contributed by atoms with Gasteiger partial charge >= 0.3 is 0 Å². The molecule has 122 valence electrons. The van der Waals surface area contributed by atoms with E-state index in [9.17, 15) is 9.90 Å². The van der Waals surface area contributed by atoms with Gasteiger partial charge in [0, 0.05) is 29.4 Å². The summed E-state index contributed by atoms with van der Waals surface area (Å²) in [5.41, 5.74) is -0.320. The van der Waals surface area contributed by atoms with Gasteiger partial charge in [0.1, 0.15) is 11.5 Å². The zero-order valence-corrected chi connectivity index (χ0v) is 13.4. The molecule has 2 saturated heterocycles. The van der Waals surface area contributed by atoms with Gasteiger partial charge in [-0.05, 0) is 38.4 Å². The number of nitrogens with zero attached hydrogens (tertiary/aromatic N) is 1. The van der Waals surface area contributed by atoms with Crippen LogP contribution in [0, 0.1) is 23.2 Å². The molecule has 3 fully saturated rings. The Balaban J connectivity index is 1.76. The number of allylic oxidation sites excluding steroid dienone is 3. The molecule has 2 bridgehead atoms. The van der Waals surface area contributed by atoms with E-state index in [1.54, 1.807) is 7.11 Å². The van der Waals surface area contributed by atoms with Crippen molar-refractivity contribution in [3.63, 3.8) is 0 Å². The predicted octanol–water partition coefficient (Wildman–Crippen LogP) is 1.78. The summed E-state index contributed by atoms with van der Waals surface area (Å²) >= 11 is 0. The van der Waals surface area contributed by atoms with E-state index >= 15 is 0 Å². The molecule has 6 atom stereocenters. The number of rotatable bonds is 1. The quantitative estimate of drug-likeness (QED) is 0.799. The van der Waals surface area contributed by atoms with Crippen molar-refractivity contribution in [2.45, 2.75) is 25.0 Å². The molecule has 3 aliphatic carbocycles. The second-order valence-corrected chi connectivity index (χ2v) is 7.53. The van der Waals surface area contributed by atoms with Crippen LogP contribution in [-0.2, 0) is 14.3 Å².